The number of likely N-dealkylation sites (tertiary alicyclic amines) is 1. The van der Waals surface area contributed by atoms with Gasteiger partial charge in [-0.1, -0.05) is 25.6 Å². The van der Waals surface area contributed by atoms with E-state index < -0.39 is 10.0 Å². The minimum absolute atomic E-state index is 0.0619. The van der Waals surface area contributed by atoms with Crippen molar-refractivity contribution >= 4 is 21.8 Å². The molecule has 6 nitrogen and oxygen atoms in total. The van der Waals surface area contributed by atoms with Gasteiger partial charge in [0.1, 0.15) is 0 Å². The number of nitrogens with zero attached hydrogens (tertiary/aromatic N) is 3. The maximum atomic E-state index is 11.3. The number of thioether (sulfide) groups is 1. The van der Waals surface area contributed by atoms with E-state index in [1.54, 1.807) is 11.8 Å². The Balaban J connectivity index is 1.80. The minimum Gasteiger partial charge on any atom is -0.299 e. The van der Waals surface area contributed by atoms with E-state index in [9.17, 15) is 8.42 Å². The Bertz CT molecular complexity index is 584. The first-order valence-corrected chi connectivity index (χ1v) is 10.8. The van der Waals surface area contributed by atoms with Gasteiger partial charge in [-0.05, 0) is 19.3 Å². The summed E-state index contributed by atoms with van der Waals surface area (Å²) < 4.78 is 25.2. The number of piperidine rings is 1. The Morgan fingerprint density at radius 2 is 1.96 bits per heavy atom. The monoisotopic (exact) mass is 358 g/mol. The lowest BCUT2D eigenvalue weighted by Crippen LogP contribution is -2.43. The summed E-state index contributed by atoms with van der Waals surface area (Å²) in [7, 11) is -3.11. The highest BCUT2D eigenvalue weighted by Gasteiger charge is 2.21. The number of rotatable bonds is 7. The molecule has 2 rings (SSSR count). The van der Waals surface area contributed by atoms with Crippen molar-refractivity contribution < 1.29 is 8.42 Å². The summed E-state index contributed by atoms with van der Waals surface area (Å²) in [6.07, 6.45) is 7.81. The van der Waals surface area contributed by atoms with E-state index >= 15 is 0 Å². The van der Waals surface area contributed by atoms with E-state index in [-0.39, 0.29) is 6.04 Å². The van der Waals surface area contributed by atoms with Gasteiger partial charge in [-0.25, -0.2) is 23.1 Å². The molecule has 23 heavy (non-hydrogen) atoms. The zero-order chi connectivity index (χ0) is 16.9. The van der Waals surface area contributed by atoms with Crippen LogP contribution in [0.5, 0.6) is 0 Å². The summed E-state index contributed by atoms with van der Waals surface area (Å²) >= 11 is 1.70. The van der Waals surface area contributed by atoms with Crippen LogP contribution >= 0.6 is 11.8 Å². The smallest absolute Gasteiger partial charge is 0.208 e. The third kappa shape index (κ3) is 6.74. The molecule has 0 bridgehead atoms. The lowest BCUT2D eigenvalue weighted by Gasteiger charge is -2.31. The fourth-order valence-corrected chi connectivity index (χ4v) is 4.11. The molecule has 0 spiro atoms. The molecule has 0 radical (unpaired) electrons. The molecule has 1 N–H and O–H groups in total. The summed E-state index contributed by atoms with van der Waals surface area (Å²) in [5.41, 5.74) is 1.10. The van der Waals surface area contributed by atoms with Crippen molar-refractivity contribution in [1.29, 1.82) is 0 Å². The Morgan fingerprint density at radius 3 is 2.48 bits per heavy atom. The summed E-state index contributed by atoms with van der Waals surface area (Å²) in [6, 6.07) is 0.0619. The van der Waals surface area contributed by atoms with Gasteiger partial charge in [0.25, 0.3) is 0 Å². The highest BCUT2D eigenvalue weighted by molar-refractivity contribution is 7.99. The van der Waals surface area contributed by atoms with Gasteiger partial charge in [-0.2, -0.15) is 0 Å². The van der Waals surface area contributed by atoms with Crippen LogP contribution in [0, 0.1) is 0 Å². The first-order valence-electron chi connectivity index (χ1n) is 8.03. The molecule has 0 aliphatic carbocycles. The summed E-state index contributed by atoms with van der Waals surface area (Å²) in [6.45, 7) is 6.93. The van der Waals surface area contributed by atoms with Gasteiger partial charge < -0.3 is 0 Å². The van der Waals surface area contributed by atoms with Crippen molar-refractivity contribution in [2.75, 3.05) is 19.3 Å². The standard InChI is InChI=1S/C15H26N4O2S2/c1-4-12(2)22-15-16-9-13(10-17-15)11-19-7-5-14(6-8-19)18-23(3,20)21/h9-10,12,14,18H,4-8,11H2,1-3H3/t12-/m0/s1. The lowest BCUT2D eigenvalue weighted by atomic mass is 10.1. The van der Waals surface area contributed by atoms with Crippen LogP contribution in [0.4, 0.5) is 0 Å². The van der Waals surface area contributed by atoms with Crippen molar-refractivity contribution in [3.05, 3.63) is 18.0 Å². The van der Waals surface area contributed by atoms with Crippen LogP contribution in [0.3, 0.4) is 0 Å². The van der Waals surface area contributed by atoms with Crippen molar-refractivity contribution in [2.24, 2.45) is 0 Å². The second-order valence-electron chi connectivity index (χ2n) is 6.15. The van der Waals surface area contributed by atoms with E-state index in [4.69, 9.17) is 0 Å². The van der Waals surface area contributed by atoms with Gasteiger partial charge in [0, 0.05) is 48.9 Å². The number of sulfonamides is 1. The van der Waals surface area contributed by atoms with Crippen molar-refractivity contribution in [1.82, 2.24) is 19.6 Å². The molecule has 1 aromatic heterocycles. The van der Waals surface area contributed by atoms with Crippen LogP contribution < -0.4 is 4.72 Å². The normalized spacial score (nSPS) is 18.9. The van der Waals surface area contributed by atoms with Crippen LogP contribution in [0.2, 0.25) is 0 Å². The van der Waals surface area contributed by atoms with Gasteiger partial charge in [0.05, 0.1) is 6.26 Å². The van der Waals surface area contributed by atoms with Crippen LogP contribution in [0.25, 0.3) is 0 Å². The highest BCUT2D eigenvalue weighted by atomic mass is 32.2. The molecular formula is C15H26N4O2S2. The molecule has 1 saturated heterocycles. The third-order valence-corrected chi connectivity index (χ3v) is 5.86. The second-order valence-corrected chi connectivity index (χ2v) is 9.34. The van der Waals surface area contributed by atoms with Crippen LogP contribution in [0.15, 0.2) is 17.6 Å². The fourth-order valence-electron chi connectivity index (χ4n) is 2.52. The number of aromatic nitrogens is 2. The Kier molecular flexibility index (Phi) is 6.82. The zero-order valence-corrected chi connectivity index (χ0v) is 15.7. The quantitative estimate of drug-likeness (QED) is 0.592. The molecular weight excluding hydrogens is 332 g/mol. The number of hydrogen-bond acceptors (Lipinski definition) is 6. The second kappa shape index (κ2) is 8.41. The Morgan fingerprint density at radius 1 is 1.35 bits per heavy atom. The summed E-state index contributed by atoms with van der Waals surface area (Å²) in [4.78, 5) is 11.2. The molecule has 1 atom stereocenters. The molecule has 1 aliphatic rings. The van der Waals surface area contributed by atoms with E-state index in [0.29, 0.717) is 5.25 Å². The minimum atomic E-state index is -3.11. The predicted molar refractivity (Wildman–Crippen MR) is 93.9 cm³/mol. The van der Waals surface area contributed by atoms with E-state index in [2.05, 4.69) is 33.4 Å². The number of hydrogen-bond donors (Lipinski definition) is 1. The van der Waals surface area contributed by atoms with E-state index in [1.165, 1.54) is 6.26 Å². The average molecular weight is 359 g/mol. The van der Waals surface area contributed by atoms with Crippen LogP contribution in [-0.4, -0.2) is 53.9 Å². The highest BCUT2D eigenvalue weighted by Crippen LogP contribution is 2.21. The first-order chi connectivity index (χ1) is 10.9. The molecule has 1 aliphatic heterocycles. The fraction of sp³-hybridized carbons (Fsp3) is 0.733. The molecule has 0 unspecified atom stereocenters. The molecule has 1 fully saturated rings. The maximum Gasteiger partial charge on any atom is 0.208 e. The van der Waals surface area contributed by atoms with Gasteiger partial charge in [-0.15, -0.1) is 0 Å². The van der Waals surface area contributed by atoms with Crippen LogP contribution in [0.1, 0.15) is 38.7 Å². The summed E-state index contributed by atoms with van der Waals surface area (Å²) in [5, 5.41) is 1.36. The van der Waals surface area contributed by atoms with E-state index in [1.807, 2.05) is 12.4 Å². The molecule has 0 saturated carbocycles. The van der Waals surface area contributed by atoms with Crippen molar-refractivity contribution in [3.63, 3.8) is 0 Å². The topological polar surface area (TPSA) is 75.2 Å². The van der Waals surface area contributed by atoms with E-state index in [0.717, 1.165) is 49.6 Å². The molecule has 130 valence electrons. The molecule has 8 heteroatoms. The molecule has 1 aromatic rings. The molecule has 0 aromatic carbocycles. The zero-order valence-electron chi connectivity index (χ0n) is 14.0. The lowest BCUT2D eigenvalue weighted by molar-refractivity contribution is 0.199. The summed E-state index contributed by atoms with van der Waals surface area (Å²) in [5.74, 6) is 0. The molecule has 0 amide bonds. The number of nitrogens with one attached hydrogen (secondary N) is 1. The van der Waals surface area contributed by atoms with Crippen molar-refractivity contribution in [3.8, 4) is 0 Å². The van der Waals surface area contributed by atoms with Gasteiger partial charge in [-0.3, -0.25) is 4.90 Å². The largest absolute Gasteiger partial charge is 0.299 e. The SMILES string of the molecule is CC[C@H](C)Sc1ncc(CN2CCC(NS(C)(=O)=O)CC2)cn1. The Labute approximate surface area is 143 Å². The van der Waals surface area contributed by atoms with Gasteiger partial charge >= 0.3 is 0 Å². The predicted octanol–water partition coefficient (Wildman–Crippen LogP) is 1.88. The van der Waals surface area contributed by atoms with Gasteiger partial charge in [0.15, 0.2) is 5.16 Å². The molecule has 2 heterocycles. The van der Waals surface area contributed by atoms with Crippen LogP contribution in [-0.2, 0) is 16.6 Å². The first kappa shape index (κ1) is 18.6. The maximum absolute atomic E-state index is 11.3. The Hall–Kier alpha value is -0.700. The van der Waals surface area contributed by atoms with Gasteiger partial charge in [0.2, 0.25) is 10.0 Å². The van der Waals surface area contributed by atoms with Crippen molar-refractivity contribution in [2.45, 2.75) is 56.1 Å². The average Bonchev–Trinajstić information content (AvgIpc) is 2.49. The third-order valence-electron chi connectivity index (χ3n) is 3.94.